The fourth-order valence-corrected chi connectivity index (χ4v) is 5.10. The van der Waals surface area contributed by atoms with Crippen LogP contribution in [0.15, 0.2) is 59.5 Å². The quantitative estimate of drug-likeness (QED) is 0.635. The number of benzene rings is 2. The lowest BCUT2D eigenvalue weighted by Crippen LogP contribution is -2.40. The maximum absolute atomic E-state index is 13.1. The van der Waals surface area contributed by atoms with Gasteiger partial charge in [-0.05, 0) is 43.2 Å². The Morgan fingerprint density at radius 1 is 0.968 bits per heavy atom. The highest BCUT2D eigenvalue weighted by molar-refractivity contribution is 7.89. The van der Waals surface area contributed by atoms with Crippen LogP contribution in [0, 0.1) is 13.8 Å². The molecule has 2 heterocycles. The van der Waals surface area contributed by atoms with Gasteiger partial charge in [0.15, 0.2) is 0 Å². The second-order valence-corrected chi connectivity index (χ2v) is 9.55. The van der Waals surface area contributed by atoms with Crippen LogP contribution in [-0.4, -0.2) is 49.2 Å². The second-order valence-electron chi connectivity index (χ2n) is 7.64. The monoisotopic (exact) mass is 438 g/mol. The minimum absolute atomic E-state index is 0.301. The Kier molecular flexibility index (Phi) is 6.31. The molecule has 0 saturated carbocycles. The zero-order valence-electron chi connectivity index (χ0n) is 17.7. The molecule has 0 radical (unpaired) electrons. The summed E-state index contributed by atoms with van der Waals surface area (Å²) in [5, 5.41) is 11.8. The Balaban J connectivity index is 1.51. The van der Waals surface area contributed by atoms with E-state index in [0.29, 0.717) is 54.8 Å². The Labute approximate surface area is 183 Å². The standard InChI is InChI=1S/C23H26N4O3S/c1-17-3-6-19(7-4-17)16-24-23-10-9-21(25-26-23)20-8-5-18(2)22(15-20)31(28,29)27-11-13-30-14-12-27/h3-10,15H,11-14,16H2,1-2H3,(H,24,26). The number of nitrogens with one attached hydrogen (secondary N) is 1. The summed E-state index contributed by atoms with van der Waals surface area (Å²) in [6.45, 7) is 6.09. The summed E-state index contributed by atoms with van der Waals surface area (Å²) in [6.07, 6.45) is 0. The molecule has 0 spiro atoms. The molecule has 1 saturated heterocycles. The van der Waals surface area contributed by atoms with Gasteiger partial charge in [-0.15, -0.1) is 10.2 Å². The minimum atomic E-state index is -3.58. The molecule has 1 aliphatic rings. The fraction of sp³-hybridized carbons (Fsp3) is 0.304. The molecule has 1 fully saturated rings. The second kappa shape index (κ2) is 9.13. The summed E-state index contributed by atoms with van der Waals surface area (Å²) in [6, 6.07) is 17.4. The van der Waals surface area contributed by atoms with Crippen molar-refractivity contribution in [3.8, 4) is 11.3 Å². The van der Waals surface area contributed by atoms with Crippen molar-refractivity contribution in [3.63, 3.8) is 0 Å². The highest BCUT2D eigenvalue weighted by atomic mass is 32.2. The molecule has 0 amide bonds. The molecule has 4 rings (SSSR count). The first-order valence-electron chi connectivity index (χ1n) is 10.3. The molecule has 3 aromatic rings. The zero-order chi connectivity index (χ0) is 21.8. The number of sulfonamides is 1. The maximum atomic E-state index is 13.1. The van der Waals surface area contributed by atoms with Crippen molar-refractivity contribution >= 4 is 15.8 Å². The van der Waals surface area contributed by atoms with E-state index in [0.717, 1.165) is 11.1 Å². The molecule has 0 atom stereocenters. The highest BCUT2D eigenvalue weighted by Crippen LogP contribution is 2.27. The summed E-state index contributed by atoms with van der Waals surface area (Å²) in [5.74, 6) is 0.664. The van der Waals surface area contributed by atoms with Crippen LogP contribution in [0.4, 0.5) is 5.82 Å². The number of morpholine rings is 1. The van der Waals surface area contributed by atoms with Gasteiger partial charge in [0.05, 0.1) is 23.8 Å². The van der Waals surface area contributed by atoms with E-state index in [9.17, 15) is 8.42 Å². The van der Waals surface area contributed by atoms with Crippen LogP contribution >= 0.6 is 0 Å². The summed E-state index contributed by atoms with van der Waals surface area (Å²) in [4.78, 5) is 0.301. The van der Waals surface area contributed by atoms with Gasteiger partial charge in [0, 0.05) is 25.2 Å². The Hall–Kier alpha value is -2.81. The van der Waals surface area contributed by atoms with Gasteiger partial charge in [0.2, 0.25) is 10.0 Å². The lowest BCUT2D eigenvalue weighted by molar-refractivity contribution is 0.0730. The first-order chi connectivity index (χ1) is 14.9. The third kappa shape index (κ3) is 4.92. The third-order valence-electron chi connectivity index (χ3n) is 5.33. The van der Waals surface area contributed by atoms with Crippen molar-refractivity contribution in [1.82, 2.24) is 14.5 Å². The Morgan fingerprint density at radius 3 is 2.39 bits per heavy atom. The number of aromatic nitrogens is 2. The summed E-state index contributed by atoms with van der Waals surface area (Å²) in [7, 11) is -3.58. The van der Waals surface area contributed by atoms with Crippen molar-refractivity contribution in [3.05, 3.63) is 71.3 Å². The lowest BCUT2D eigenvalue weighted by atomic mass is 10.1. The smallest absolute Gasteiger partial charge is 0.243 e. The molecule has 0 unspecified atom stereocenters. The number of hydrogen-bond donors (Lipinski definition) is 1. The Bertz CT molecular complexity index is 1140. The average molecular weight is 439 g/mol. The van der Waals surface area contributed by atoms with Gasteiger partial charge in [-0.3, -0.25) is 0 Å². The van der Waals surface area contributed by atoms with E-state index < -0.39 is 10.0 Å². The largest absolute Gasteiger partial charge is 0.379 e. The number of aryl methyl sites for hydroxylation is 2. The van der Waals surface area contributed by atoms with E-state index in [1.165, 1.54) is 9.87 Å². The fourth-order valence-electron chi connectivity index (χ4n) is 3.44. The summed E-state index contributed by atoms with van der Waals surface area (Å²) >= 11 is 0. The van der Waals surface area contributed by atoms with Crippen LogP contribution in [0.3, 0.4) is 0 Å². The molecule has 2 aromatic carbocycles. The van der Waals surface area contributed by atoms with Crippen LogP contribution in [0.2, 0.25) is 0 Å². The molecule has 0 aliphatic carbocycles. The molecule has 1 aliphatic heterocycles. The van der Waals surface area contributed by atoms with Gasteiger partial charge in [0.1, 0.15) is 5.82 Å². The van der Waals surface area contributed by atoms with Crippen molar-refractivity contribution in [2.45, 2.75) is 25.3 Å². The van der Waals surface area contributed by atoms with Gasteiger partial charge in [0.25, 0.3) is 0 Å². The van der Waals surface area contributed by atoms with Crippen molar-refractivity contribution < 1.29 is 13.2 Å². The lowest BCUT2D eigenvalue weighted by Gasteiger charge is -2.26. The SMILES string of the molecule is Cc1ccc(CNc2ccc(-c3ccc(C)c(S(=O)(=O)N4CCOCC4)c3)nn2)cc1. The van der Waals surface area contributed by atoms with Gasteiger partial charge in [-0.2, -0.15) is 4.31 Å². The number of ether oxygens (including phenoxy) is 1. The van der Waals surface area contributed by atoms with Crippen molar-refractivity contribution in [2.24, 2.45) is 0 Å². The molecule has 31 heavy (non-hydrogen) atoms. The summed E-state index contributed by atoms with van der Waals surface area (Å²) < 4.78 is 33.0. The van der Waals surface area contributed by atoms with Crippen LogP contribution in [0.1, 0.15) is 16.7 Å². The average Bonchev–Trinajstić information content (AvgIpc) is 2.80. The predicted octanol–water partition coefficient (Wildman–Crippen LogP) is 3.39. The topological polar surface area (TPSA) is 84.4 Å². The van der Waals surface area contributed by atoms with E-state index in [2.05, 4.69) is 46.7 Å². The first-order valence-corrected chi connectivity index (χ1v) is 11.7. The highest BCUT2D eigenvalue weighted by Gasteiger charge is 2.28. The van der Waals surface area contributed by atoms with E-state index in [4.69, 9.17) is 4.74 Å². The minimum Gasteiger partial charge on any atom is -0.379 e. The Morgan fingerprint density at radius 2 is 1.71 bits per heavy atom. The number of anilines is 1. The van der Waals surface area contributed by atoms with Gasteiger partial charge < -0.3 is 10.1 Å². The summed E-state index contributed by atoms with van der Waals surface area (Å²) in [5.41, 5.74) is 4.43. The molecular formula is C23H26N4O3S. The van der Waals surface area contributed by atoms with E-state index >= 15 is 0 Å². The molecule has 7 nitrogen and oxygen atoms in total. The third-order valence-corrected chi connectivity index (χ3v) is 7.37. The predicted molar refractivity (Wildman–Crippen MR) is 120 cm³/mol. The normalized spacial score (nSPS) is 15.0. The van der Waals surface area contributed by atoms with Gasteiger partial charge in [-0.1, -0.05) is 42.0 Å². The molecule has 0 bridgehead atoms. The molecule has 162 valence electrons. The number of nitrogens with zero attached hydrogens (tertiary/aromatic N) is 3. The number of rotatable bonds is 6. The zero-order valence-corrected chi connectivity index (χ0v) is 18.5. The van der Waals surface area contributed by atoms with Gasteiger partial charge >= 0.3 is 0 Å². The van der Waals surface area contributed by atoms with Crippen molar-refractivity contribution in [1.29, 1.82) is 0 Å². The molecular weight excluding hydrogens is 412 g/mol. The number of hydrogen-bond acceptors (Lipinski definition) is 6. The van der Waals surface area contributed by atoms with E-state index in [1.807, 2.05) is 24.3 Å². The van der Waals surface area contributed by atoms with E-state index in [1.54, 1.807) is 13.0 Å². The van der Waals surface area contributed by atoms with Crippen LogP contribution in [0.5, 0.6) is 0 Å². The van der Waals surface area contributed by atoms with Crippen LogP contribution < -0.4 is 5.32 Å². The van der Waals surface area contributed by atoms with Crippen LogP contribution in [-0.2, 0) is 21.3 Å². The molecule has 1 N–H and O–H groups in total. The first kappa shape index (κ1) is 21.4. The maximum Gasteiger partial charge on any atom is 0.243 e. The van der Waals surface area contributed by atoms with Crippen molar-refractivity contribution in [2.75, 3.05) is 31.6 Å². The molecule has 1 aromatic heterocycles. The van der Waals surface area contributed by atoms with E-state index in [-0.39, 0.29) is 0 Å². The van der Waals surface area contributed by atoms with Gasteiger partial charge in [-0.25, -0.2) is 8.42 Å². The van der Waals surface area contributed by atoms with Crippen LogP contribution in [0.25, 0.3) is 11.3 Å². The molecule has 8 heteroatoms.